The van der Waals surface area contributed by atoms with Gasteiger partial charge in [-0.3, -0.25) is 0 Å². The number of imidazole rings is 1. The minimum Gasteiger partial charge on any atom is -0.480 e. The fraction of sp³-hybridized carbons (Fsp3) is 0.438. The van der Waals surface area contributed by atoms with E-state index in [-0.39, 0.29) is 18.9 Å². The Kier molecular flexibility index (Phi) is 10.0. The number of nitrogens with two attached hydrogens (primary N) is 1. The Balaban J connectivity index is 0.000000507. The summed E-state index contributed by atoms with van der Waals surface area (Å²) in [6.07, 6.45) is 7.68. The number of amides is 1. The van der Waals surface area contributed by atoms with Crippen LogP contribution in [0.1, 0.15) is 75.6 Å². The van der Waals surface area contributed by atoms with Gasteiger partial charge < -0.3 is 25.6 Å². The predicted octanol–water partition coefficient (Wildman–Crippen LogP) is 5.48. The number of ether oxygens (including phenoxy) is 2. The Bertz CT molecular complexity index is 1340. The third kappa shape index (κ3) is 8.19. The van der Waals surface area contributed by atoms with Gasteiger partial charge in [-0.15, -0.1) is 0 Å². The molecular weight excluding hydrogens is 536 g/mol. The summed E-state index contributed by atoms with van der Waals surface area (Å²) in [5.74, 6) is -1.38. The Morgan fingerprint density at radius 2 is 1.62 bits per heavy atom. The first-order valence-electron chi connectivity index (χ1n) is 14.4. The highest BCUT2D eigenvalue weighted by Gasteiger charge is 2.30. The highest BCUT2D eigenvalue weighted by molar-refractivity contribution is 5.81. The van der Waals surface area contributed by atoms with Gasteiger partial charge in [-0.2, -0.15) is 0 Å². The number of carboxylic acids is 1. The molecule has 1 amide bonds. The monoisotopic (exact) mass is 576 g/mol. The zero-order valence-electron chi connectivity index (χ0n) is 24.4. The summed E-state index contributed by atoms with van der Waals surface area (Å²) >= 11 is 0. The van der Waals surface area contributed by atoms with Gasteiger partial charge in [0.05, 0.1) is 5.69 Å². The molecule has 5 rings (SSSR count). The molecule has 2 aliphatic rings. The highest BCUT2D eigenvalue weighted by atomic mass is 16.6. The molecule has 42 heavy (non-hydrogen) atoms. The van der Waals surface area contributed by atoms with Crippen molar-refractivity contribution >= 4 is 18.2 Å². The predicted molar refractivity (Wildman–Crippen MR) is 158 cm³/mol. The Hall–Kier alpha value is -4.18. The Labute approximate surface area is 246 Å². The Morgan fingerprint density at radius 1 is 1.02 bits per heavy atom. The largest absolute Gasteiger partial charge is 0.480 e. The van der Waals surface area contributed by atoms with Crippen molar-refractivity contribution in [2.24, 2.45) is 5.73 Å². The summed E-state index contributed by atoms with van der Waals surface area (Å²) in [5, 5.41) is 12.0. The maximum absolute atomic E-state index is 12.5. The standard InChI is InChI=1S/C26H27N3O6.C6H13N/c1-26(2,3)35-25(33)29-13-16(27-15-29)12-22(23(30)31)28-24(32)34-14-21-19-10-6-4-8-17(19)18-9-5-7-11-20(18)21;7-6-4-2-1-3-5-6/h4-11,13,15,21-22H,12,14H2,1-3H3,(H,28,32)(H,30,31);6H,1-5,7H2/t22-;/m1./s1. The second-order valence-corrected chi connectivity index (χ2v) is 11.7. The van der Waals surface area contributed by atoms with Crippen LogP contribution in [0.15, 0.2) is 61.1 Å². The molecule has 10 heteroatoms. The summed E-state index contributed by atoms with van der Waals surface area (Å²) in [6.45, 7) is 5.28. The number of hydrogen-bond donors (Lipinski definition) is 3. The van der Waals surface area contributed by atoms with Crippen molar-refractivity contribution in [1.82, 2.24) is 14.9 Å². The van der Waals surface area contributed by atoms with Crippen LogP contribution >= 0.6 is 0 Å². The van der Waals surface area contributed by atoms with Crippen LogP contribution in [0.4, 0.5) is 9.59 Å². The van der Waals surface area contributed by atoms with E-state index >= 15 is 0 Å². The van der Waals surface area contributed by atoms with Gasteiger partial charge in [0.2, 0.25) is 0 Å². The number of nitrogens with zero attached hydrogens (tertiary/aromatic N) is 2. The average molecular weight is 577 g/mol. The molecule has 0 spiro atoms. The van der Waals surface area contributed by atoms with Crippen molar-refractivity contribution in [2.75, 3.05) is 6.61 Å². The number of fused-ring (bicyclic) bond motifs is 3. The van der Waals surface area contributed by atoms with Crippen LogP contribution < -0.4 is 11.1 Å². The summed E-state index contributed by atoms with van der Waals surface area (Å²) in [6, 6.07) is 15.1. The lowest BCUT2D eigenvalue weighted by Crippen LogP contribution is -2.43. The first-order valence-corrected chi connectivity index (χ1v) is 14.4. The lowest BCUT2D eigenvalue weighted by atomic mass is 9.97. The van der Waals surface area contributed by atoms with Crippen LogP contribution in [0.3, 0.4) is 0 Å². The van der Waals surface area contributed by atoms with Crippen molar-refractivity contribution in [3.05, 3.63) is 77.9 Å². The maximum atomic E-state index is 12.5. The molecule has 2 aromatic carbocycles. The van der Waals surface area contributed by atoms with E-state index < -0.39 is 29.8 Å². The van der Waals surface area contributed by atoms with Gasteiger partial charge in [-0.05, 0) is 55.9 Å². The molecule has 1 fully saturated rings. The summed E-state index contributed by atoms with van der Waals surface area (Å²) in [4.78, 5) is 40.5. The average Bonchev–Trinajstić information content (AvgIpc) is 3.54. The van der Waals surface area contributed by atoms with Crippen LogP contribution in [0.25, 0.3) is 11.1 Å². The SMILES string of the molecule is CC(C)(C)OC(=O)n1cnc(C[C@@H](NC(=O)OCC2c3ccccc3-c3ccccc32)C(=O)O)c1.NC1CCCCC1. The molecular formula is C32H40N4O6. The third-order valence-electron chi connectivity index (χ3n) is 7.24. The lowest BCUT2D eigenvalue weighted by Gasteiger charge is -2.19. The van der Waals surface area contributed by atoms with Crippen molar-refractivity contribution in [3.8, 4) is 11.1 Å². The molecule has 0 bridgehead atoms. The van der Waals surface area contributed by atoms with E-state index in [1.165, 1.54) is 44.6 Å². The van der Waals surface area contributed by atoms with Gasteiger partial charge in [0.1, 0.15) is 24.6 Å². The molecule has 0 saturated heterocycles. The van der Waals surface area contributed by atoms with Gasteiger partial charge in [-0.25, -0.2) is 23.9 Å². The third-order valence-corrected chi connectivity index (χ3v) is 7.24. The molecule has 1 saturated carbocycles. The molecule has 3 aromatic rings. The van der Waals surface area contributed by atoms with E-state index in [1.807, 2.05) is 48.5 Å². The zero-order valence-corrected chi connectivity index (χ0v) is 24.4. The summed E-state index contributed by atoms with van der Waals surface area (Å²) in [5.41, 5.74) is 9.57. The van der Waals surface area contributed by atoms with Crippen LogP contribution in [-0.2, 0) is 20.7 Å². The van der Waals surface area contributed by atoms with Gasteiger partial charge in [-0.1, -0.05) is 67.8 Å². The number of nitrogens with one attached hydrogen (secondary N) is 1. The number of aliphatic carboxylic acids is 1. The van der Waals surface area contributed by atoms with E-state index in [1.54, 1.807) is 20.8 Å². The lowest BCUT2D eigenvalue weighted by molar-refractivity contribution is -0.139. The number of hydrogen-bond acceptors (Lipinski definition) is 7. The molecule has 0 aliphatic heterocycles. The second-order valence-electron chi connectivity index (χ2n) is 11.7. The van der Waals surface area contributed by atoms with Gasteiger partial charge in [0, 0.05) is 24.6 Å². The number of alkyl carbamates (subject to hydrolysis) is 1. The smallest absolute Gasteiger partial charge is 0.419 e. The number of carbonyl (C=O) groups excluding carboxylic acids is 2. The molecule has 4 N–H and O–H groups in total. The molecule has 224 valence electrons. The van der Waals surface area contributed by atoms with E-state index in [4.69, 9.17) is 15.2 Å². The fourth-order valence-electron chi connectivity index (χ4n) is 5.21. The van der Waals surface area contributed by atoms with Crippen LogP contribution in [0, 0.1) is 0 Å². The van der Waals surface area contributed by atoms with Crippen LogP contribution in [-0.4, -0.2) is 57.1 Å². The summed E-state index contributed by atoms with van der Waals surface area (Å²) < 4.78 is 11.8. The van der Waals surface area contributed by atoms with E-state index in [9.17, 15) is 19.5 Å². The van der Waals surface area contributed by atoms with Gasteiger partial charge in [0.25, 0.3) is 0 Å². The van der Waals surface area contributed by atoms with E-state index in [2.05, 4.69) is 10.3 Å². The molecule has 1 heterocycles. The molecule has 10 nitrogen and oxygen atoms in total. The molecule has 0 radical (unpaired) electrons. The summed E-state index contributed by atoms with van der Waals surface area (Å²) in [7, 11) is 0. The minimum atomic E-state index is -1.28. The van der Waals surface area contributed by atoms with Crippen LogP contribution in [0.2, 0.25) is 0 Å². The first-order chi connectivity index (χ1) is 20.0. The quantitative estimate of drug-likeness (QED) is 0.350. The van der Waals surface area contributed by atoms with E-state index in [0.717, 1.165) is 26.8 Å². The maximum Gasteiger partial charge on any atom is 0.419 e. The molecule has 1 aromatic heterocycles. The van der Waals surface area contributed by atoms with Crippen molar-refractivity contribution in [3.63, 3.8) is 0 Å². The Morgan fingerprint density at radius 3 is 2.14 bits per heavy atom. The zero-order chi connectivity index (χ0) is 30.3. The first kappa shape index (κ1) is 30.8. The van der Waals surface area contributed by atoms with Gasteiger partial charge >= 0.3 is 18.2 Å². The molecule has 0 unspecified atom stereocenters. The number of aromatic nitrogens is 2. The fourth-order valence-corrected chi connectivity index (χ4v) is 5.21. The minimum absolute atomic E-state index is 0.0689. The normalized spacial score (nSPS) is 15.4. The van der Waals surface area contributed by atoms with Crippen molar-refractivity contribution in [1.29, 1.82) is 0 Å². The number of carboxylic acid groups (broad SMARTS) is 1. The number of benzene rings is 2. The van der Waals surface area contributed by atoms with E-state index in [0.29, 0.717) is 11.7 Å². The second kappa shape index (κ2) is 13.7. The van der Waals surface area contributed by atoms with Crippen LogP contribution in [0.5, 0.6) is 0 Å². The topological polar surface area (TPSA) is 146 Å². The highest BCUT2D eigenvalue weighted by Crippen LogP contribution is 2.44. The number of carbonyl (C=O) groups is 3. The molecule has 2 aliphatic carbocycles. The molecule has 1 atom stereocenters. The number of rotatable bonds is 6. The van der Waals surface area contributed by atoms with Gasteiger partial charge in [0.15, 0.2) is 0 Å². The van der Waals surface area contributed by atoms with Crippen molar-refractivity contribution in [2.45, 2.75) is 82.9 Å². The van der Waals surface area contributed by atoms with Crippen molar-refractivity contribution < 1.29 is 29.0 Å².